The average molecular weight is 705 g/mol. The number of nitrogens with one attached hydrogen (secondary N) is 1. The summed E-state index contributed by atoms with van der Waals surface area (Å²) in [5.74, 6) is 0.0122. The van der Waals surface area contributed by atoms with Gasteiger partial charge in [0.2, 0.25) is 13.2 Å². The van der Waals surface area contributed by atoms with Gasteiger partial charge in [-0.1, -0.05) is 24.5 Å². The van der Waals surface area contributed by atoms with Gasteiger partial charge in [-0.3, -0.25) is 32.5 Å². The molecule has 2 bridgehead atoms. The van der Waals surface area contributed by atoms with Crippen LogP contribution in [0.25, 0.3) is 22.3 Å². The SMILES string of the molecule is Nc1nc2c(ncn2[C@@H]2O[C@H](CO[PH](=O)S)C[C@H]2OP(=O)(S)OC[C@@]23CO[C@@H]([C@H](n4cnc5c(N)ncnc54)O2)[C@@H]3O)c(=O)[nH]1. The van der Waals surface area contributed by atoms with E-state index in [0.717, 1.165) is 0 Å². The molecule has 242 valence electrons. The molecule has 20 nitrogen and oxygen atoms in total. The van der Waals surface area contributed by atoms with Crippen LogP contribution in [0.2, 0.25) is 0 Å². The van der Waals surface area contributed by atoms with E-state index in [-0.39, 0.29) is 42.6 Å². The highest BCUT2D eigenvalue weighted by Crippen LogP contribution is 2.58. The van der Waals surface area contributed by atoms with Gasteiger partial charge in [0.05, 0.1) is 38.6 Å². The van der Waals surface area contributed by atoms with Gasteiger partial charge in [0.25, 0.3) is 5.56 Å². The normalized spacial score (nSPS) is 31.6. The van der Waals surface area contributed by atoms with E-state index in [0.29, 0.717) is 11.2 Å². The van der Waals surface area contributed by atoms with Crippen molar-refractivity contribution in [3.8, 4) is 0 Å². The number of aliphatic hydroxyl groups is 1. The number of nitrogens with two attached hydrogens (primary N) is 2. The summed E-state index contributed by atoms with van der Waals surface area (Å²) in [4.78, 5) is 35.3. The summed E-state index contributed by atoms with van der Waals surface area (Å²) in [6.07, 6.45) is -1.55. The lowest BCUT2D eigenvalue weighted by Crippen LogP contribution is -2.44. The van der Waals surface area contributed by atoms with E-state index in [1.807, 2.05) is 0 Å². The molecule has 4 aromatic rings. The number of rotatable bonds is 10. The molecule has 3 aliphatic heterocycles. The largest absolute Gasteiger partial charge is 0.387 e. The molecule has 0 saturated carbocycles. The van der Waals surface area contributed by atoms with Crippen LogP contribution >= 0.6 is 38.5 Å². The number of nitrogens with zero attached hydrogens (tertiary/aromatic N) is 7. The molecule has 0 aliphatic carbocycles. The summed E-state index contributed by atoms with van der Waals surface area (Å²) in [5.41, 5.74) is 10.4. The molecule has 7 rings (SSSR count). The molecule has 0 aromatic carbocycles. The first-order chi connectivity index (χ1) is 21.4. The molecule has 2 unspecified atom stereocenters. The predicted molar refractivity (Wildman–Crippen MR) is 161 cm³/mol. The van der Waals surface area contributed by atoms with Gasteiger partial charge in [-0.15, -0.1) is 0 Å². The number of aromatic nitrogens is 8. The lowest BCUT2D eigenvalue weighted by molar-refractivity contribution is -0.183. The van der Waals surface area contributed by atoms with Crippen LogP contribution in [-0.4, -0.2) is 94.0 Å². The number of anilines is 2. The van der Waals surface area contributed by atoms with Gasteiger partial charge in [-0.25, -0.2) is 24.5 Å². The number of hydrogen-bond acceptors (Lipinski definition) is 17. The summed E-state index contributed by atoms with van der Waals surface area (Å²) < 4.78 is 62.8. The quantitative estimate of drug-likeness (QED) is 0.0951. The Morgan fingerprint density at radius 1 is 1.18 bits per heavy atom. The van der Waals surface area contributed by atoms with Gasteiger partial charge in [0, 0.05) is 6.42 Å². The highest BCUT2D eigenvalue weighted by Gasteiger charge is 2.62. The third-order valence-electron chi connectivity index (χ3n) is 7.67. The summed E-state index contributed by atoms with van der Waals surface area (Å²) >= 11 is 7.97. The van der Waals surface area contributed by atoms with E-state index >= 15 is 0 Å². The molecule has 4 aromatic heterocycles. The van der Waals surface area contributed by atoms with Crippen LogP contribution in [0, 0.1) is 0 Å². The van der Waals surface area contributed by atoms with Crippen molar-refractivity contribution in [2.45, 2.75) is 48.9 Å². The number of thiol groups is 2. The molecule has 3 aliphatic rings. The topological polar surface area (TPSA) is 269 Å². The van der Waals surface area contributed by atoms with E-state index in [1.165, 1.54) is 23.5 Å². The van der Waals surface area contributed by atoms with Crippen LogP contribution in [-0.2, 0) is 36.9 Å². The van der Waals surface area contributed by atoms with Gasteiger partial charge in [0.15, 0.2) is 35.1 Å². The van der Waals surface area contributed by atoms with E-state index in [1.54, 1.807) is 4.57 Å². The molecular formula is C21H26N10O10P2S2. The van der Waals surface area contributed by atoms with Gasteiger partial charge >= 0.3 is 6.80 Å². The average Bonchev–Trinajstić information content (AvgIpc) is 3.79. The molecule has 0 amide bonds. The van der Waals surface area contributed by atoms with Crippen molar-refractivity contribution in [3.05, 3.63) is 29.3 Å². The molecule has 3 fully saturated rings. The second-order valence-electron chi connectivity index (χ2n) is 10.5. The molecule has 3 saturated heterocycles. The fraction of sp³-hybridized carbons (Fsp3) is 0.524. The number of imidazole rings is 2. The Morgan fingerprint density at radius 3 is 2.71 bits per heavy atom. The zero-order chi connectivity index (χ0) is 31.7. The van der Waals surface area contributed by atoms with Crippen LogP contribution < -0.4 is 17.0 Å². The maximum Gasteiger partial charge on any atom is 0.386 e. The fourth-order valence-corrected chi connectivity index (χ4v) is 7.71. The number of ether oxygens (including phenoxy) is 3. The Kier molecular flexibility index (Phi) is 7.97. The molecular weight excluding hydrogens is 678 g/mol. The van der Waals surface area contributed by atoms with E-state index in [2.05, 4.69) is 54.4 Å². The van der Waals surface area contributed by atoms with Gasteiger partial charge in [-0.2, -0.15) is 4.98 Å². The molecule has 0 radical (unpaired) electrons. The summed E-state index contributed by atoms with van der Waals surface area (Å²) in [6, 6.07) is 0. The molecule has 6 N–H and O–H groups in total. The number of H-pyrrole nitrogens is 1. The van der Waals surface area contributed by atoms with Gasteiger partial charge in [0.1, 0.15) is 35.8 Å². The molecule has 9 atom stereocenters. The number of hydrogen-bond donors (Lipinski definition) is 6. The first-order valence-corrected chi connectivity index (χ1v) is 18.5. The minimum atomic E-state index is -4.21. The first-order valence-electron chi connectivity index (χ1n) is 13.2. The van der Waals surface area contributed by atoms with Crippen molar-refractivity contribution in [3.63, 3.8) is 0 Å². The van der Waals surface area contributed by atoms with Crippen LogP contribution in [0.3, 0.4) is 0 Å². The Balaban J connectivity index is 1.10. The highest BCUT2D eigenvalue weighted by atomic mass is 32.7. The van der Waals surface area contributed by atoms with E-state index in [9.17, 15) is 19.0 Å². The third-order valence-corrected chi connectivity index (χ3v) is 10.1. The predicted octanol–water partition coefficient (Wildman–Crippen LogP) is 0.214. The van der Waals surface area contributed by atoms with Crippen molar-refractivity contribution in [2.24, 2.45) is 0 Å². The Hall–Kier alpha value is -2.62. The van der Waals surface area contributed by atoms with Crippen LogP contribution in [0.1, 0.15) is 18.9 Å². The first kappa shape index (κ1) is 31.0. The van der Waals surface area contributed by atoms with Gasteiger partial charge < -0.3 is 35.3 Å². The fourth-order valence-electron chi connectivity index (χ4n) is 5.64. The van der Waals surface area contributed by atoms with Crippen molar-refractivity contribution in [1.82, 2.24) is 39.0 Å². The van der Waals surface area contributed by atoms with Crippen molar-refractivity contribution >= 4 is 72.6 Å². The maximum absolute atomic E-state index is 13.6. The van der Waals surface area contributed by atoms with E-state index < -0.39 is 68.7 Å². The second-order valence-corrected chi connectivity index (χ2v) is 15.3. The Bertz CT molecular complexity index is 1910. The molecule has 45 heavy (non-hydrogen) atoms. The molecule has 7 heterocycles. The molecule has 0 spiro atoms. The Morgan fingerprint density at radius 2 is 1.93 bits per heavy atom. The van der Waals surface area contributed by atoms with Crippen molar-refractivity contribution in [2.75, 3.05) is 31.3 Å². The summed E-state index contributed by atoms with van der Waals surface area (Å²) in [6.45, 7) is -4.84. The Labute approximate surface area is 262 Å². The smallest absolute Gasteiger partial charge is 0.386 e. The molecule has 24 heteroatoms. The van der Waals surface area contributed by atoms with E-state index in [4.69, 9.17) is 39.2 Å². The number of aromatic amines is 1. The van der Waals surface area contributed by atoms with Crippen LogP contribution in [0.15, 0.2) is 23.8 Å². The third kappa shape index (κ3) is 5.57. The van der Waals surface area contributed by atoms with Crippen molar-refractivity contribution < 1.29 is 42.0 Å². The monoisotopic (exact) mass is 704 g/mol. The minimum absolute atomic E-state index is 0.0198. The minimum Gasteiger partial charge on any atom is -0.387 e. The highest BCUT2D eigenvalue weighted by molar-refractivity contribution is 8.44. The standard InChI is InChI=1S/C21H26N10O10P2S2/c22-14-10-15(25-5-24-14)30(6-26-10)19-12-13(32)21(40-19,3-36-12)4-38-43(35,45)41-9-1-8(2-37-42(34)44)39-18(9)31-7-27-11-16(31)28-20(23)29-17(11)33/h5-9,12-13,18-19,32,42H,1-4H2,(H,34,44)(H,35,45)(H2,22,24,25)(H3,23,28,29,33)/t8-,9+,12+,13-,18+,19+,21+,43?/m0/s1. The summed E-state index contributed by atoms with van der Waals surface area (Å²) in [7, 11) is -2.59. The maximum atomic E-state index is 13.6. The summed E-state index contributed by atoms with van der Waals surface area (Å²) in [5, 5.41) is 11.1. The zero-order valence-electron chi connectivity index (χ0n) is 22.8. The second kappa shape index (κ2) is 11.6. The zero-order valence-corrected chi connectivity index (χ0v) is 26.5. The number of fused-ring (bicyclic) bond motifs is 4. The van der Waals surface area contributed by atoms with Crippen LogP contribution in [0.5, 0.6) is 0 Å². The van der Waals surface area contributed by atoms with Crippen molar-refractivity contribution in [1.29, 1.82) is 0 Å². The number of aliphatic hydroxyl groups excluding tert-OH is 1. The lowest BCUT2D eigenvalue weighted by atomic mass is 10.0. The number of nitrogen functional groups attached to an aromatic ring is 2. The van der Waals surface area contributed by atoms with Crippen LogP contribution in [0.4, 0.5) is 11.8 Å². The lowest BCUT2D eigenvalue weighted by Gasteiger charge is -2.31. The van der Waals surface area contributed by atoms with Gasteiger partial charge in [-0.05, 0) is 0 Å².